The molecule has 94 valence electrons. The molecule has 17 heavy (non-hydrogen) atoms. The average Bonchev–Trinajstić information content (AvgIpc) is 2.36. The molecule has 0 aliphatic carbocycles. The third-order valence-corrected chi connectivity index (χ3v) is 3.32. The number of anilines is 1. The molecule has 0 spiro atoms. The minimum absolute atomic E-state index is 0.0203. The van der Waals surface area contributed by atoms with E-state index in [1.807, 2.05) is 7.05 Å². The molecule has 1 aromatic rings. The van der Waals surface area contributed by atoms with E-state index in [1.165, 1.54) is 0 Å². The van der Waals surface area contributed by atoms with Crippen LogP contribution >= 0.6 is 0 Å². The van der Waals surface area contributed by atoms with E-state index in [0.29, 0.717) is 5.56 Å². The van der Waals surface area contributed by atoms with Crippen LogP contribution in [0.5, 0.6) is 0 Å². The van der Waals surface area contributed by atoms with Gasteiger partial charge in [0, 0.05) is 24.3 Å². The molecule has 0 aliphatic heterocycles. The molecule has 0 saturated heterocycles. The molecule has 0 bridgehead atoms. The van der Waals surface area contributed by atoms with E-state index in [-0.39, 0.29) is 11.4 Å². The maximum Gasteiger partial charge on any atom is 0.172 e. The fourth-order valence-corrected chi connectivity index (χ4v) is 1.49. The van der Waals surface area contributed by atoms with Gasteiger partial charge in [0.2, 0.25) is 0 Å². The van der Waals surface area contributed by atoms with Crippen molar-refractivity contribution < 1.29 is 5.21 Å². The van der Waals surface area contributed by atoms with Crippen molar-refractivity contribution in [3.05, 3.63) is 24.0 Å². The summed E-state index contributed by atoms with van der Waals surface area (Å²) in [7, 11) is 1.98. The molecule has 5 nitrogen and oxygen atoms in total. The van der Waals surface area contributed by atoms with E-state index in [2.05, 4.69) is 35.8 Å². The second-order valence-electron chi connectivity index (χ2n) is 4.60. The number of oxime groups is 1. The van der Waals surface area contributed by atoms with E-state index in [0.717, 1.165) is 12.1 Å². The van der Waals surface area contributed by atoms with Gasteiger partial charge in [-0.25, -0.2) is 0 Å². The van der Waals surface area contributed by atoms with Gasteiger partial charge in [0.05, 0.1) is 11.9 Å². The van der Waals surface area contributed by atoms with Gasteiger partial charge >= 0.3 is 0 Å². The minimum atomic E-state index is -0.0203. The fourth-order valence-electron chi connectivity index (χ4n) is 1.49. The molecule has 0 aliphatic rings. The summed E-state index contributed by atoms with van der Waals surface area (Å²) in [6.07, 6.45) is 4.34. The highest BCUT2D eigenvalue weighted by atomic mass is 16.4. The second kappa shape index (κ2) is 5.03. The lowest BCUT2D eigenvalue weighted by Crippen LogP contribution is -2.41. The van der Waals surface area contributed by atoms with Gasteiger partial charge in [0.1, 0.15) is 0 Å². The first-order valence-electron chi connectivity index (χ1n) is 5.59. The highest BCUT2D eigenvalue weighted by Crippen LogP contribution is 2.26. The highest BCUT2D eigenvalue weighted by Gasteiger charge is 2.24. The molecule has 0 amide bonds. The third kappa shape index (κ3) is 2.67. The predicted molar refractivity (Wildman–Crippen MR) is 69.5 cm³/mol. The number of amidine groups is 1. The number of nitrogens with two attached hydrogens (primary N) is 1. The Balaban J connectivity index is 3.23. The van der Waals surface area contributed by atoms with Gasteiger partial charge in [-0.2, -0.15) is 0 Å². The van der Waals surface area contributed by atoms with Crippen molar-refractivity contribution in [3.8, 4) is 0 Å². The summed E-state index contributed by atoms with van der Waals surface area (Å²) in [5, 5.41) is 11.8. The number of pyridine rings is 1. The van der Waals surface area contributed by atoms with Gasteiger partial charge in [-0.05, 0) is 26.3 Å². The summed E-state index contributed by atoms with van der Waals surface area (Å²) in [4.78, 5) is 6.19. The number of hydrogen-bond donors (Lipinski definition) is 2. The van der Waals surface area contributed by atoms with Crippen molar-refractivity contribution in [1.29, 1.82) is 0 Å². The first-order valence-corrected chi connectivity index (χ1v) is 5.59. The number of aromatic nitrogens is 1. The fraction of sp³-hybridized carbons (Fsp3) is 0.500. The van der Waals surface area contributed by atoms with Crippen LogP contribution in [0.2, 0.25) is 0 Å². The van der Waals surface area contributed by atoms with Gasteiger partial charge in [0.15, 0.2) is 5.84 Å². The largest absolute Gasteiger partial charge is 0.409 e. The van der Waals surface area contributed by atoms with Crippen LogP contribution in [0.25, 0.3) is 0 Å². The van der Waals surface area contributed by atoms with Gasteiger partial charge < -0.3 is 15.8 Å². The Hall–Kier alpha value is -1.78. The lowest BCUT2D eigenvalue weighted by molar-refractivity contribution is 0.318. The zero-order valence-electron chi connectivity index (χ0n) is 10.8. The van der Waals surface area contributed by atoms with Crippen molar-refractivity contribution in [3.63, 3.8) is 0 Å². The van der Waals surface area contributed by atoms with E-state index in [9.17, 15) is 0 Å². The van der Waals surface area contributed by atoms with E-state index in [1.54, 1.807) is 18.5 Å². The van der Waals surface area contributed by atoms with Crippen LogP contribution in [0.4, 0.5) is 5.69 Å². The van der Waals surface area contributed by atoms with Gasteiger partial charge in [-0.15, -0.1) is 0 Å². The Bertz CT molecular complexity index is 415. The Morgan fingerprint density at radius 3 is 2.76 bits per heavy atom. The van der Waals surface area contributed by atoms with Crippen molar-refractivity contribution in [1.82, 2.24) is 4.98 Å². The zero-order valence-corrected chi connectivity index (χ0v) is 10.8. The van der Waals surface area contributed by atoms with Crippen LogP contribution in [-0.4, -0.2) is 28.6 Å². The SMILES string of the molecule is CCC(C)(C)N(C)c1cnccc1/C(N)=N/O. The zero-order chi connectivity index (χ0) is 13.1. The number of nitrogens with zero attached hydrogens (tertiary/aromatic N) is 3. The lowest BCUT2D eigenvalue weighted by Gasteiger charge is -2.37. The van der Waals surface area contributed by atoms with Crippen molar-refractivity contribution in [2.45, 2.75) is 32.7 Å². The number of rotatable bonds is 4. The monoisotopic (exact) mass is 236 g/mol. The molecule has 1 rings (SSSR count). The van der Waals surface area contributed by atoms with Crippen LogP contribution in [0, 0.1) is 0 Å². The van der Waals surface area contributed by atoms with E-state index in [4.69, 9.17) is 10.9 Å². The lowest BCUT2D eigenvalue weighted by atomic mass is 9.98. The van der Waals surface area contributed by atoms with Crippen molar-refractivity contribution >= 4 is 11.5 Å². The first-order chi connectivity index (χ1) is 7.94. The maximum absolute atomic E-state index is 8.78. The Morgan fingerprint density at radius 1 is 1.59 bits per heavy atom. The Morgan fingerprint density at radius 2 is 2.24 bits per heavy atom. The van der Waals surface area contributed by atoms with E-state index >= 15 is 0 Å². The van der Waals surface area contributed by atoms with Gasteiger partial charge in [-0.1, -0.05) is 12.1 Å². The molecule has 3 N–H and O–H groups in total. The van der Waals surface area contributed by atoms with Crippen LogP contribution in [0.1, 0.15) is 32.8 Å². The topological polar surface area (TPSA) is 74.7 Å². The van der Waals surface area contributed by atoms with Crippen LogP contribution in [0.15, 0.2) is 23.6 Å². The standard InChI is InChI=1S/C12H20N4O/c1-5-12(2,3)16(4)10-8-14-7-6-9(10)11(13)15-17/h6-8,17H,5H2,1-4H3,(H2,13,15). The summed E-state index contributed by atoms with van der Waals surface area (Å²) in [5.41, 5.74) is 7.19. The van der Waals surface area contributed by atoms with Crippen LogP contribution in [-0.2, 0) is 0 Å². The maximum atomic E-state index is 8.78. The molecule has 0 radical (unpaired) electrons. The van der Waals surface area contributed by atoms with Gasteiger partial charge in [-0.3, -0.25) is 4.98 Å². The van der Waals surface area contributed by atoms with Crippen molar-refractivity contribution in [2.24, 2.45) is 10.9 Å². The minimum Gasteiger partial charge on any atom is -0.409 e. The highest BCUT2D eigenvalue weighted by molar-refractivity contribution is 6.02. The molecule has 5 heteroatoms. The molecule has 0 aromatic carbocycles. The summed E-state index contributed by atoms with van der Waals surface area (Å²) in [6.45, 7) is 6.39. The molecular weight excluding hydrogens is 216 g/mol. The Kier molecular flexibility index (Phi) is 3.93. The summed E-state index contributed by atoms with van der Waals surface area (Å²) in [5.74, 6) is 0.0983. The molecule has 0 unspecified atom stereocenters. The smallest absolute Gasteiger partial charge is 0.172 e. The van der Waals surface area contributed by atoms with Crippen LogP contribution in [0.3, 0.4) is 0 Å². The molecule has 0 fully saturated rings. The molecule has 0 saturated carbocycles. The average molecular weight is 236 g/mol. The molecular formula is C12H20N4O. The predicted octanol–water partition coefficient (Wildman–Crippen LogP) is 1.80. The summed E-state index contributed by atoms with van der Waals surface area (Å²) in [6, 6.07) is 1.74. The number of hydrogen-bond acceptors (Lipinski definition) is 4. The summed E-state index contributed by atoms with van der Waals surface area (Å²) < 4.78 is 0. The first kappa shape index (κ1) is 13.3. The second-order valence-corrected chi connectivity index (χ2v) is 4.60. The quantitative estimate of drug-likeness (QED) is 0.362. The summed E-state index contributed by atoms with van der Waals surface area (Å²) >= 11 is 0. The molecule has 0 atom stereocenters. The third-order valence-electron chi connectivity index (χ3n) is 3.32. The Labute approximate surface area is 102 Å². The van der Waals surface area contributed by atoms with E-state index < -0.39 is 0 Å². The molecule has 1 heterocycles. The normalized spacial score (nSPS) is 12.6. The van der Waals surface area contributed by atoms with Crippen LogP contribution < -0.4 is 10.6 Å². The van der Waals surface area contributed by atoms with Crippen molar-refractivity contribution in [2.75, 3.05) is 11.9 Å². The van der Waals surface area contributed by atoms with Gasteiger partial charge in [0.25, 0.3) is 0 Å². The molecule has 1 aromatic heterocycles.